The lowest BCUT2D eigenvalue weighted by Crippen LogP contribution is -2.51. The molecule has 1 fully saturated rings. The van der Waals surface area contributed by atoms with Crippen molar-refractivity contribution in [1.29, 1.82) is 0 Å². The number of ether oxygens (including phenoxy) is 1. The number of hydrogen-bond acceptors (Lipinski definition) is 3. The molecule has 1 aliphatic rings. The van der Waals surface area contributed by atoms with Crippen molar-refractivity contribution in [2.24, 2.45) is 0 Å². The molecular formula is C17H25N3O3. The zero-order chi connectivity index (χ0) is 16.7. The molecule has 0 aromatic heterocycles. The lowest BCUT2D eigenvalue weighted by Gasteiger charge is -2.22. The van der Waals surface area contributed by atoms with E-state index < -0.39 is 5.91 Å². The summed E-state index contributed by atoms with van der Waals surface area (Å²) in [5.74, 6) is 0.243. The van der Waals surface area contributed by atoms with E-state index in [1.54, 1.807) is 0 Å². The molecule has 0 unspecified atom stereocenters. The number of rotatable bonds is 4. The number of aryl methyl sites for hydroxylation is 2. The smallest absolute Gasteiger partial charge is 0.333 e. The van der Waals surface area contributed by atoms with Crippen LogP contribution in [0.5, 0.6) is 5.75 Å². The predicted molar refractivity (Wildman–Crippen MR) is 88.1 cm³/mol. The second kappa shape index (κ2) is 8.41. The molecule has 3 N–H and O–H groups in total. The topological polar surface area (TPSA) is 79.5 Å². The molecule has 0 heterocycles. The zero-order valence-corrected chi connectivity index (χ0v) is 13.8. The van der Waals surface area contributed by atoms with Crippen LogP contribution in [0.25, 0.3) is 0 Å². The first-order valence-corrected chi connectivity index (χ1v) is 8.09. The zero-order valence-electron chi connectivity index (χ0n) is 13.8. The number of hydrogen-bond donors (Lipinski definition) is 3. The summed E-state index contributed by atoms with van der Waals surface area (Å²) < 4.78 is 5.43. The number of carbonyl (C=O) groups is 2. The summed E-state index contributed by atoms with van der Waals surface area (Å²) in [4.78, 5) is 23.4. The van der Waals surface area contributed by atoms with Gasteiger partial charge in [-0.15, -0.1) is 0 Å². The van der Waals surface area contributed by atoms with Crippen LogP contribution in [0.15, 0.2) is 18.2 Å². The monoisotopic (exact) mass is 319 g/mol. The van der Waals surface area contributed by atoms with E-state index >= 15 is 0 Å². The maximum absolute atomic E-state index is 11.7. The third kappa shape index (κ3) is 6.18. The third-order valence-corrected chi connectivity index (χ3v) is 3.82. The number of nitrogens with one attached hydrogen (secondary N) is 3. The molecule has 3 amide bonds. The van der Waals surface area contributed by atoms with Crippen molar-refractivity contribution in [1.82, 2.24) is 16.2 Å². The molecule has 1 aliphatic carbocycles. The summed E-state index contributed by atoms with van der Waals surface area (Å²) >= 11 is 0. The number of carbonyl (C=O) groups excluding carboxylic acids is 2. The molecule has 6 nitrogen and oxygen atoms in total. The van der Waals surface area contributed by atoms with Gasteiger partial charge in [-0.1, -0.05) is 25.3 Å². The fourth-order valence-electron chi connectivity index (χ4n) is 2.80. The molecule has 1 aromatic rings. The quantitative estimate of drug-likeness (QED) is 0.745. The normalized spacial score (nSPS) is 14.9. The van der Waals surface area contributed by atoms with E-state index in [-0.39, 0.29) is 18.7 Å². The van der Waals surface area contributed by atoms with Crippen molar-refractivity contribution < 1.29 is 14.3 Å². The summed E-state index contributed by atoms with van der Waals surface area (Å²) in [6, 6.07) is 5.58. The molecule has 2 rings (SSSR count). The first kappa shape index (κ1) is 17.1. The van der Waals surface area contributed by atoms with Crippen LogP contribution in [-0.4, -0.2) is 24.6 Å². The molecule has 0 radical (unpaired) electrons. The Morgan fingerprint density at radius 1 is 1.04 bits per heavy atom. The van der Waals surface area contributed by atoms with Crippen molar-refractivity contribution in [2.45, 2.75) is 52.0 Å². The molecule has 1 saturated carbocycles. The van der Waals surface area contributed by atoms with Crippen LogP contribution >= 0.6 is 0 Å². The summed E-state index contributed by atoms with van der Waals surface area (Å²) in [5.41, 5.74) is 6.85. The second-order valence-corrected chi connectivity index (χ2v) is 6.09. The fraction of sp³-hybridized carbons (Fsp3) is 0.529. The fourth-order valence-corrected chi connectivity index (χ4v) is 2.80. The standard InChI is InChI=1S/C17H25N3O3/c1-12-8-13(2)10-15(9-12)23-11-16(21)19-20-17(22)18-14-6-4-3-5-7-14/h8-10,14H,3-7,11H2,1-2H3,(H,19,21)(H2,18,20,22). The summed E-state index contributed by atoms with van der Waals surface area (Å²) in [5, 5.41) is 2.86. The van der Waals surface area contributed by atoms with Gasteiger partial charge in [-0.05, 0) is 49.9 Å². The van der Waals surface area contributed by atoms with Gasteiger partial charge >= 0.3 is 6.03 Å². The largest absolute Gasteiger partial charge is 0.484 e. The highest BCUT2D eigenvalue weighted by molar-refractivity contribution is 5.82. The first-order chi connectivity index (χ1) is 11.0. The van der Waals surface area contributed by atoms with Gasteiger partial charge in [0.2, 0.25) is 0 Å². The molecule has 23 heavy (non-hydrogen) atoms. The average Bonchev–Trinajstić information content (AvgIpc) is 2.51. The van der Waals surface area contributed by atoms with Gasteiger partial charge in [0.15, 0.2) is 6.61 Å². The molecule has 0 aliphatic heterocycles. The van der Waals surface area contributed by atoms with E-state index in [2.05, 4.69) is 16.2 Å². The minimum Gasteiger partial charge on any atom is -0.484 e. The highest BCUT2D eigenvalue weighted by atomic mass is 16.5. The Kier molecular flexibility index (Phi) is 6.26. The van der Waals surface area contributed by atoms with Gasteiger partial charge < -0.3 is 10.1 Å². The van der Waals surface area contributed by atoms with Gasteiger partial charge in [0.1, 0.15) is 5.75 Å². The van der Waals surface area contributed by atoms with Crippen LogP contribution in [0.3, 0.4) is 0 Å². The van der Waals surface area contributed by atoms with Crippen molar-refractivity contribution >= 4 is 11.9 Å². The van der Waals surface area contributed by atoms with Crippen molar-refractivity contribution in [2.75, 3.05) is 6.61 Å². The van der Waals surface area contributed by atoms with Crippen LogP contribution in [0.2, 0.25) is 0 Å². The van der Waals surface area contributed by atoms with Gasteiger partial charge in [-0.3, -0.25) is 10.2 Å². The van der Waals surface area contributed by atoms with E-state index in [1.165, 1.54) is 6.42 Å². The second-order valence-electron chi connectivity index (χ2n) is 6.09. The minimum atomic E-state index is -0.400. The molecule has 0 bridgehead atoms. The van der Waals surface area contributed by atoms with Crippen molar-refractivity contribution in [3.8, 4) is 5.75 Å². The summed E-state index contributed by atoms with van der Waals surface area (Å²) in [6.07, 6.45) is 5.50. The lowest BCUT2D eigenvalue weighted by molar-refractivity contribution is -0.123. The number of hydrazine groups is 1. The van der Waals surface area contributed by atoms with Crippen molar-refractivity contribution in [3.63, 3.8) is 0 Å². The Labute approximate surface area is 136 Å². The van der Waals surface area contributed by atoms with Crippen LogP contribution in [-0.2, 0) is 4.79 Å². The van der Waals surface area contributed by atoms with Crippen LogP contribution in [0, 0.1) is 13.8 Å². The third-order valence-electron chi connectivity index (χ3n) is 3.82. The van der Waals surface area contributed by atoms with Gasteiger partial charge in [0, 0.05) is 6.04 Å². The molecule has 126 valence electrons. The Hall–Kier alpha value is -2.24. The predicted octanol–water partition coefficient (Wildman–Crippen LogP) is 2.35. The van der Waals surface area contributed by atoms with E-state index in [0.717, 1.165) is 36.8 Å². The molecule has 1 aromatic carbocycles. The van der Waals surface area contributed by atoms with Gasteiger partial charge in [-0.2, -0.15) is 0 Å². The molecule has 0 spiro atoms. The maximum atomic E-state index is 11.7. The number of benzene rings is 1. The van der Waals surface area contributed by atoms with Crippen LogP contribution in [0.4, 0.5) is 4.79 Å². The number of urea groups is 1. The molecular weight excluding hydrogens is 294 g/mol. The highest BCUT2D eigenvalue weighted by Crippen LogP contribution is 2.17. The van der Waals surface area contributed by atoms with Gasteiger partial charge in [-0.25, -0.2) is 10.2 Å². The summed E-state index contributed by atoms with van der Waals surface area (Å²) in [7, 11) is 0. The highest BCUT2D eigenvalue weighted by Gasteiger charge is 2.15. The Balaban J connectivity index is 1.67. The van der Waals surface area contributed by atoms with Crippen LogP contribution in [0.1, 0.15) is 43.2 Å². The molecule has 6 heteroatoms. The molecule has 0 atom stereocenters. The Morgan fingerprint density at radius 2 is 1.70 bits per heavy atom. The molecule has 0 saturated heterocycles. The van der Waals surface area contributed by atoms with Crippen LogP contribution < -0.4 is 20.9 Å². The van der Waals surface area contributed by atoms with Gasteiger partial charge in [0.05, 0.1) is 0 Å². The SMILES string of the molecule is Cc1cc(C)cc(OCC(=O)NNC(=O)NC2CCCCC2)c1. The Bertz CT molecular complexity index is 534. The maximum Gasteiger partial charge on any atom is 0.333 e. The summed E-state index contributed by atoms with van der Waals surface area (Å²) in [6.45, 7) is 3.79. The lowest BCUT2D eigenvalue weighted by atomic mass is 9.96. The number of amides is 3. The van der Waals surface area contributed by atoms with Gasteiger partial charge in [0.25, 0.3) is 5.91 Å². The van der Waals surface area contributed by atoms with E-state index in [0.29, 0.717) is 5.75 Å². The van der Waals surface area contributed by atoms with E-state index in [9.17, 15) is 9.59 Å². The van der Waals surface area contributed by atoms with Crippen molar-refractivity contribution in [3.05, 3.63) is 29.3 Å². The van der Waals surface area contributed by atoms with E-state index in [4.69, 9.17) is 4.74 Å². The minimum absolute atomic E-state index is 0.146. The average molecular weight is 319 g/mol. The Morgan fingerprint density at radius 3 is 2.35 bits per heavy atom. The first-order valence-electron chi connectivity index (χ1n) is 8.09. The van der Waals surface area contributed by atoms with E-state index in [1.807, 2.05) is 32.0 Å².